The number of ether oxygens (including phenoxy) is 2. The normalized spacial score (nSPS) is 11.3. The molecule has 0 saturated heterocycles. The van der Waals surface area contributed by atoms with E-state index in [9.17, 15) is 19.8 Å². The van der Waals surface area contributed by atoms with Gasteiger partial charge in [-0.15, -0.1) is 0 Å². The number of aromatic hydroxyl groups is 2. The minimum atomic E-state index is -0.262. The molecule has 0 fully saturated rings. The molecule has 0 aliphatic heterocycles. The Labute approximate surface area is 261 Å². The van der Waals surface area contributed by atoms with E-state index >= 15 is 0 Å². The molecular formula is C35H60N2O6. The molecule has 1 aromatic rings. The number of hydrogen-bond acceptors (Lipinski definition) is 8. The molecule has 0 atom stereocenters. The van der Waals surface area contributed by atoms with Gasteiger partial charge < -0.3 is 25.0 Å². The zero-order chi connectivity index (χ0) is 31.7. The molecule has 0 aliphatic carbocycles. The molecule has 0 heterocycles. The molecule has 0 bridgehead atoms. The van der Waals surface area contributed by atoms with Gasteiger partial charge in [-0.3, -0.25) is 14.6 Å². The van der Waals surface area contributed by atoms with E-state index in [2.05, 4.69) is 17.2 Å². The minimum absolute atomic E-state index is 0.0162. The molecule has 246 valence electrons. The Balaban J connectivity index is 2.83. The Kier molecular flexibility index (Phi) is 21.9. The predicted octanol–water partition coefficient (Wildman–Crippen LogP) is 9.23. The lowest BCUT2D eigenvalue weighted by Crippen LogP contribution is -2.10. The first-order chi connectivity index (χ1) is 20.9. The smallest absolute Gasteiger partial charge is 0.306 e. The largest absolute Gasteiger partial charge is 0.505 e. The average Bonchev–Trinajstić information content (AvgIpc) is 3.00. The lowest BCUT2D eigenvalue weighted by molar-refractivity contribution is -0.144. The average molecular weight is 605 g/mol. The van der Waals surface area contributed by atoms with Crippen molar-refractivity contribution in [1.29, 1.82) is 0 Å². The van der Waals surface area contributed by atoms with Crippen molar-refractivity contribution in [2.45, 2.75) is 150 Å². The summed E-state index contributed by atoms with van der Waals surface area (Å²) in [5, 5.41) is 25.7. The molecule has 8 nitrogen and oxygen atoms in total. The zero-order valence-corrected chi connectivity index (χ0v) is 27.6. The number of carbonyl (C=O) groups is 2. The third-order valence-corrected chi connectivity index (χ3v) is 7.58. The van der Waals surface area contributed by atoms with Gasteiger partial charge in [-0.25, -0.2) is 0 Å². The van der Waals surface area contributed by atoms with E-state index in [1.807, 2.05) is 13.8 Å². The van der Waals surface area contributed by atoms with E-state index < -0.39 is 0 Å². The number of rotatable bonds is 26. The van der Waals surface area contributed by atoms with Crippen LogP contribution in [0.4, 0.5) is 11.4 Å². The van der Waals surface area contributed by atoms with E-state index in [-0.39, 0.29) is 36.3 Å². The molecule has 0 radical (unpaired) electrons. The van der Waals surface area contributed by atoms with Crippen LogP contribution in [-0.2, 0) is 25.5 Å². The van der Waals surface area contributed by atoms with E-state index in [4.69, 9.17) is 9.47 Å². The first kappa shape index (κ1) is 38.3. The first-order valence-electron chi connectivity index (χ1n) is 17.0. The quantitative estimate of drug-likeness (QED) is 0.0317. The fraction of sp³-hybridized carbons (Fsp3) is 0.743. The molecule has 0 aliphatic rings. The molecular weight excluding hydrogens is 544 g/mol. The number of anilines is 1. The van der Waals surface area contributed by atoms with Crippen molar-refractivity contribution in [3.63, 3.8) is 0 Å². The second-order valence-electron chi connectivity index (χ2n) is 11.5. The van der Waals surface area contributed by atoms with Gasteiger partial charge >= 0.3 is 11.9 Å². The Morgan fingerprint density at radius 3 is 1.93 bits per heavy atom. The number of unbranched alkanes of at least 4 members (excludes halogenated alkanes) is 11. The fourth-order valence-electron chi connectivity index (χ4n) is 4.91. The van der Waals surface area contributed by atoms with Gasteiger partial charge in [0.15, 0.2) is 0 Å². The highest BCUT2D eigenvalue weighted by atomic mass is 16.5. The molecule has 1 aromatic carbocycles. The number of benzene rings is 1. The summed E-state index contributed by atoms with van der Waals surface area (Å²) in [6.45, 7) is 9.29. The van der Waals surface area contributed by atoms with Crippen LogP contribution in [0.2, 0.25) is 0 Å². The van der Waals surface area contributed by atoms with Crippen molar-refractivity contribution in [3.8, 4) is 11.5 Å². The van der Waals surface area contributed by atoms with Crippen LogP contribution in [-0.4, -0.2) is 48.1 Å². The Morgan fingerprint density at radius 2 is 1.30 bits per heavy atom. The highest BCUT2D eigenvalue weighted by Gasteiger charge is 2.21. The summed E-state index contributed by atoms with van der Waals surface area (Å²) in [5.41, 5.74) is 1.93. The van der Waals surface area contributed by atoms with E-state index in [1.165, 1.54) is 51.4 Å². The second-order valence-corrected chi connectivity index (χ2v) is 11.5. The van der Waals surface area contributed by atoms with Gasteiger partial charge in [0.25, 0.3) is 0 Å². The van der Waals surface area contributed by atoms with Crippen LogP contribution >= 0.6 is 0 Å². The summed E-state index contributed by atoms with van der Waals surface area (Å²) in [4.78, 5) is 28.3. The maximum Gasteiger partial charge on any atom is 0.306 e. The Bertz CT molecular complexity index is 947. The standard InChI is InChI=1S/C35H60N2O6/c1-5-8-10-11-12-13-14-15-16-17-18-21-29-33(37-25-20-23-31(39)43-27-9-6-2)34(40)28(4)32(35(29)41)36-24-19-22-30(38)42-26-7-3/h25,36,40-41H,5-24,26-27H2,1-4H3. The van der Waals surface area contributed by atoms with Crippen LogP contribution in [0, 0.1) is 6.92 Å². The van der Waals surface area contributed by atoms with Gasteiger partial charge in [0, 0.05) is 30.3 Å². The third kappa shape index (κ3) is 16.6. The molecule has 0 spiro atoms. The fourth-order valence-corrected chi connectivity index (χ4v) is 4.91. The maximum absolute atomic E-state index is 12.0. The Hall–Kier alpha value is -2.77. The van der Waals surface area contributed by atoms with E-state index in [0.29, 0.717) is 61.5 Å². The number of esters is 2. The SMILES string of the molecule is CCCCCCCCCCCCCc1c(O)c(NCCCC(=O)OCCC)c(C)c(O)c1N=CCCC(=O)OCCCC. The lowest BCUT2D eigenvalue weighted by atomic mass is 9.98. The topological polar surface area (TPSA) is 117 Å². The van der Waals surface area contributed by atoms with Gasteiger partial charge in [0.1, 0.15) is 17.2 Å². The van der Waals surface area contributed by atoms with Gasteiger partial charge in [0.2, 0.25) is 0 Å². The van der Waals surface area contributed by atoms with Crippen molar-refractivity contribution in [1.82, 2.24) is 0 Å². The molecule has 0 amide bonds. The predicted molar refractivity (Wildman–Crippen MR) is 177 cm³/mol. The van der Waals surface area contributed by atoms with Gasteiger partial charge in [-0.2, -0.15) is 0 Å². The molecule has 0 saturated carbocycles. The van der Waals surface area contributed by atoms with Crippen molar-refractivity contribution in [2.24, 2.45) is 4.99 Å². The van der Waals surface area contributed by atoms with E-state index in [0.717, 1.165) is 38.5 Å². The molecule has 0 aromatic heterocycles. The number of carbonyl (C=O) groups excluding carboxylic acids is 2. The van der Waals surface area contributed by atoms with Crippen LogP contribution in [0.5, 0.6) is 11.5 Å². The third-order valence-electron chi connectivity index (χ3n) is 7.58. The highest BCUT2D eigenvalue weighted by molar-refractivity contribution is 5.81. The molecule has 8 heteroatoms. The first-order valence-corrected chi connectivity index (χ1v) is 17.0. The second kappa shape index (κ2) is 24.6. The lowest BCUT2D eigenvalue weighted by Gasteiger charge is -2.19. The number of nitrogens with zero attached hydrogens (tertiary/aromatic N) is 1. The summed E-state index contributed by atoms with van der Waals surface area (Å²) in [6, 6.07) is 0. The molecule has 1 rings (SSSR count). The van der Waals surface area contributed by atoms with Crippen LogP contribution in [0.15, 0.2) is 4.99 Å². The van der Waals surface area contributed by atoms with Gasteiger partial charge in [-0.05, 0) is 45.4 Å². The van der Waals surface area contributed by atoms with Crippen molar-refractivity contribution < 1.29 is 29.3 Å². The Morgan fingerprint density at radius 1 is 0.721 bits per heavy atom. The summed E-state index contributed by atoms with van der Waals surface area (Å²) in [5.74, 6) is -0.393. The van der Waals surface area contributed by atoms with Crippen molar-refractivity contribution in [3.05, 3.63) is 11.1 Å². The number of phenolic OH excluding ortho intramolecular Hbond substituents is 2. The van der Waals surface area contributed by atoms with Crippen molar-refractivity contribution in [2.75, 3.05) is 25.1 Å². The summed E-state index contributed by atoms with van der Waals surface area (Å²) in [7, 11) is 0. The van der Waals surface area contributed by atoms with Crippen LogP contribution in [0.1, 0.15) is 147 Å². The maximum atomic E-state index is 12.0. The highest BCUT2D eigenvalue weighted by Crippen LogP contribution is 2.46. The zero-order valence-electron chi connectivity index (χ0n) is 27.6. The van der Waals surface area contributed by atoms with Crippen LogP contribution in [0.25, 0.3) is 0 Å². The number of nitrogens with one attached hydrogen (secondary N) is 1. The molecule has 43 heavy (non-hydrogen) atoms. The minimum Gasteiger partial charge on any atom is -0.505 e. The number of hydrogen-bond donors (Lipinski definition) is 3. The summed E-state index contributed by atoms with van der Waals surface area (Å²) in [6.07, 6.45) is 19.7. The van der Waals surface area contributed by atoms with Gasteiger partial charge in [0.05, 0.1) is 25.3 Å². The number of phenols is 2. The summed E-state index contributed by atoms with van der Waals surface area (Å²) < 4.78 is 10.3. The molecule has 0 unspecified atom stereocenters. The van der Waals surface area contributed by atoms with Crippen LogP contribution in [0.3, 0.4) is 0 Å². The molecule has 3 N–H and O–H groups in total. The van der Waals surface area contributed by atoms with Crippen molar-refractivity contribution >= 4 is 29.5 Å². The van der Waals surface area contributed by atoms with Gasteiger partial charge in [-0.1, -0.05) is 91.4 Å². The summed E-state index contributed by atoms with van der Waals surface area (Å²) >= 11 is 0. The number of aliphatic imine (C=N–C) groups is 1. The van der Waals surface area contributed by atoms with Crippen LogP contribution < -0.4 is 5.32 Å². The van der Waals surface area contributed by atoms with E-state index in [1.54, 1.807) is 13.1 Å². The monoisotopic (exact) mass is 604 g/mol.